The van der Waals surface area contributed by atoms with Gasteiger partial charge in [0.15, 0.2) is 5.82 Å². The van der Waals surface area contributed by atoms with Crippen molar-refractivity contribution in [3.63, 3.8) is 0 Å². The second kappa shape index (κ2) is 15.4. The number of carbonyl (C=O) groups is 3. The summed E-state index contributed by atoms with van der Waals surface area (Å²) in [5.41, 5.74) is 9.93. The average molecular weight is 668 g/mol. The van der Waals surface area contributed by atoms with E-state index in [1.165, 1.54) is 4.90 Å². The molecule has 13 nitrogen and oxygen atoms in total. The molecule has 1 atom stereocenters. The number of H-pyrrole nitrogens is 1. The van der Waals surface area contributed by atoms with E-state index in [0.29, 0.717) is 36.5 Å². The maximum atomic E-state index is 14.2. The first-order valence-corrected chi connectivity index (χ1v) is 16.5. The van der Waals surface area contributed by atoms with Gasteiger partial charge in [-0.05, 0) is 117 Å². The number of pyridine rings is 1. The minimum atomic E-state index is -0.971. The number of nitrogens with zero attached hydrogens (tertiary/aromatic N) is 6. The SMILES string of the molecule is CN(C)c1ccc(-c2cccc(C[C@H](N)C(=O)N(c3ccc(-c4nnn[nH]4)cc3)C(=O)[C@H]3CC[C@H](CNC(=O)OC(C)(C)C)CC3)c2)cn1. The molecule has 4 N–H and O–H groups in total. The fourth-order valence-electron chi connectivity index (χ4n) is 5.96. The monoisotopic (exact) mass is 667 g/mol. The van der Waals surface area contributed by atoms with Crippen LogP contribution >= 0.6 is 0 Å². The number of hydrogen-bond donors (Lipinski definition) is 3. The summed E-state index contributed by atoms with van der Waals surface area (Å²) in [5, 5.41) is 16.8. The molecule has 2 aromatic carbocycles. The molecular formula is C36H45N9O4. The molecule has 49 heavy (non-hydrogen) atoms. The molecule has 5 rings (SSSR count). The number of anilines is 2. The van der Waals surface area contributed by atoms with E-state index in [1.807, 2.05) is 82.4 Å². The zero-order valence-electron chi connectivity index (χ0n) is 28.7. The number of aromatic amines is 1. The Morgan fingerprint density at radius 2 is 1.69 bits per heavy atom. The van der Waals surface area contributed by atoms with E-state index in [4.69, 9.17) is 10.5 Å². The van der Waals surface area contributed by atoms with Crippen molar-refractivity contribution < 1.29 is 19.1 Å². The minimum absolute atomic E-state index is 0.208. The number of amides is 3. The molecule has 258 valence electrons. The second-order valence-corrected chi connectivity index (χ2v) is 13.7. The molecule has 2 aromatic heterocycles. The number of tetrazole rings is 1. The lowest BCUT2D eigenvalue weighted by atomic mass is 9.81. The van der Waals surface area contributed by atoms with Gasteiger partial charge in [-0.2, -0.15) is 0 Å². The molecule has 1 fully saturated rings. The number of aromatic nitrogens is 5. The summed E-state index contributed by atoms with van der Waals surface area (Å²) in [7, 11) is 3.88. The summed E-state index contributed by atoms with van der Waals surface area (Å²) in [6, 6.07) is 17.8. The van der Waals surface area contributed by atoms with Gasteiger partial charge >= 0.3 is 6.09 Å². The van der Waals surface area contributed by atoms with Crippen LogP contribution in [0.4, 0.5) is 16.3 Å². The van der Waals surface area contributed by atoms with E-state index >= 15 is 0 Å². The van der Waals surface area contributed by atoms with Crippen molar-refractivity contribution in [2.45, 2.75) is 64.5 Å². The van der Waals surface area contributed by atoms with Crippen molar-refractivity contribution in [1.29, 1.82) is 0 Å². The van der Waals surface area contributed by atoms with Crippen LogP contribution < -0.4 is 20.9 Å². The highest BCUT2D eigenvalue weighted by atomic mass is 16.6. The first kappa shape index (κ1) is 35.1. The summed E-state index contributed by atoms with van der Waals surface area (Å²) < 4.78 is 5.36. The molecular weight excluding hydrogens is 622 g/mol. The Labute approximate surface area is 286 Å². The Hall–Kier alpha value is -5.17. The van der Waals surface area contributed by atoms with E-state index in [2.05, 4.69) is 30.9 Å². The summed E-state index contributed by atoms with van der Waals surface area (Å²) in [4.78, 5) is 48.1. The van der Waals surface area contributed by atoms with Crippen molar-refractivity contribution in [3.05, 3.63) is 72.4 Å². The van der Waals surface area contributed by atoms with Crippen LogP contribution in [-0.2, 0) is 20.7 Å². The maximum Gasteiger partial charge on any atom is 0.407 e. The number of nitrogens with one attached hydrogen (secondary N) is 2. The molecule has 1 aliphatic carbocycles. The Balaban J connectivity index is 1.30. The van der Waals surface area contributed by atoms with Crippen LogP contribution in [0, 0.1) is 11.8 Å². The maximum absolute atomic E-state index is 14.2. The summed E-state index contributed by atoms with van der Waals surface area (Å²) in [6.45, 7) is 5.93. The van der Waals surface area contributed by atoms with Crippen molar-refractivity contribution >= 4 is 29.4 Å². The van der Waals surface area contributed by atoms with Gasteiger partial charge in [0.25, 0.3) is 5.91 Å². The highest BCUT2D eigenvalue weighted by Gasteiger charge is 2.35. The molecule has 1 aliphatic rings. The predicted octanol–water partition coefficient (Wildman–Crippen LogP) is 4.76. The molecule has 0 spiro atoms. The zero-order chi connectivity index (χ0) is 35.1. The predicted molar refractivity (Wildman–Crippen MR) is 187 cm³/mol. The molecule has 1 saturated carbocycles. The average Bonchev–Trinajstić information content (AvgIpc) is 3.63. The van der Waals surface area contributed by atoms with Crippen molar-refractivity contribution in [2.75, 3.05) is 30.4 Å². The number of carbonyl (C=O) groups excluding carboxylic acids is 3. The van der Waals surface area contributed by atoms with Crippen LogP contribution in [0.25, 0.3) is 22.5 Å². The van der Waals surface area contributed by atoms with Crippen LogP contribution in [0.2, 0.25) is 0 Å². The van der Waals surface area contributed by atoms with E-state index in [-0.39, 0.29) is 24.2 Å². The van der Waals surface area contributed by atoms with E-state index in [0.717, 1.165) is 35.3 Å². The van der Waals surface area contributed by atoms with E-state index in [1.54, 1.807) is 24.3 Å². The van der Waals surface area contributed by atoms with Crippen LogP contribution in [-0.4, -0.2) is 75.8 Å². The summed E-state index contributed by atoms with van der Waals surface area (Å²) >= 11 is 0. The van der Waals surface area contributed by atoms with Gasteiger partial charge in [0.05, 0.1) is 11.7 Å². The Morgan fingerprint density at radius 3 is 2.31 bits per heavy atom. The summed E-state index contributed by atoms with van der Waals surface area (Å²) in [6.07, 6.45) is 4.24. The normalized spacial score (nSPS) is 16.8. The van der Waals surface area contributed by atoms with Gasteiger partial charge in [0.2, 0.25) is 5.91 Å². The number of nitrogens with two attached hydrogens (primary N) is 1. The first-order valence-electron chi connectivity index (χ1n) is 16.5. The standard InChI is InChI=1S/C36H45N9O4/c1-36(2,3)49-35(48)39-21-23-9-11-26(12-10-23)33(46)45(29-16-13-25(14-17-29)32-40-42-43-41-32)34(47)30(37)20-24-7-6-8-27(19-24)28-15-18-31(38-22-28)44(4)5/h6-8,13-19,22-23,26,30H,9-12,20-21,37H2,1-5H3,(H,39,48)(H,40,41,42,43)/t23-,26-,30-/m0/s1. The van der Waals surface area contributed by atoms with E-state index in [9.17, 15) is 14.4 Å². The topological polar surface area (TPSA) is 172 Å². The Bertz CT molecular complexity index is 1710. The van der Waals surface area contributed by atoms with Gasteiger partial charge in [-0.3, -0.25) is 9.59 Å². The quantitative estimate of drug-likeness (QED) is 0.214. The number of imide groups is 1. The third-order valence-corrected chi connectivity index (χ3v) is 8.55. The molecule has 13 heteroatoms. The number of hydrogen-bond acceptors (Lipinski definition) is 10. The highest BCUT2D eigenvalue weighted by Crippen LogP contribution is 2.32. The van der Waals surface area contributed by atoms with Crippen LogP contribution in [0.3, 0.4) is 0 Å². The van der Waals surface area contributed by atoms with Crippen molar-refractivity contribution in [2.24, 2.45) is 17.6 Å². The molecule has 0 saturated heterocycles. The van der Waals surface area contributed by atoms with Crippen LogP contribution in [0.1, 0.15) is 52.0 Å². The number of benzene rings is 2. The van der Waals surface area contributed by atoms with Gasteiger partial charge in [-0.25, -0.2) is 19.8 Å². The molecule has 0 aliphatic heterocycles. The smallest absolute Gasteiger partial charge is 0.407 e. The van der Waals surface area contributed by atoms with Gasteiger partial charge in [-0.1, -0.05) is 24.3 Å². The second-order valence-electron chi connectivity index (χ2n) is 13.7. The lowest BCUT2D eigenvalue weighted by molar-refractivity contribution is -0.130. The lowest BCUT2D eigenvalue weighted by Gasteiger charge is -2.32. The molecule has 4 aromatic rings. The largest absolute Gasteiger partial charge is 0.444 e. The van der Waals surface area contributed by atoms with Crippen LogP contribution in [0.15, 0.2) is 66.9 Å². The fourth-order valence-corrected chi connectivity index (χ4v) is 5.96. The first-order chi connectivity index (χ1) is 23.4. The number of alkyl carbamates (subject to hydrolysis) is 1. The zero-order valence-corrected chi connectivity index (χ0v) is 28.7. The highest BCUT2D eigenvalue weighted by molar-refractivity contribution is 6.17. The fraction of sp³-hybridized carbons (Fsp3) is 0.417. The van der Waals surface area contributed by atoms with Gasteiger partial charge in [-0.15, -0.1) is 5.10 Å². The van der Waals surface area contributed by atoms with Gasteiger partial charge in [0, 0.05) is 43.9 Å². The Morgan fingerprint density at radius 1 is 0.980 bits per heavy atom. The molecule has 2 heterocycles. The molecule has 0 radical (unpaired) electrons. The van der Waals surface area contributed by atoms with Crippen LogP contribution in [0.5, 0.6) is 0 Å². The number of rotatable bonds is 10. The van der Waals surface area contributed by atoms with Gasteiger partial charge < -0.3 is 20.7 Å². The Kier molecular flexibility index (Phi) is 11.0. The lowest BCUT2D eigenvalue weighted by Crippen LogP contribution is -2.50. The van der Waals surface area contributed by atoms with Crippen molar-refractivity contribution in [3.8, 4) is 22.5 Å². The molecule has 0 unspecified atom stereocenters. The third-order valence-electron chi connectivity index (χ3n) is 8.55. The molecule has 3 amide bonds. The van der Waals surface area contributed by atoms with Gasteiger partial charge in [0.1, 0.15) is 11.4 Å². The third kappa shape index (κ3) is 9.26. The van der Waals surface area contributed by atoms with E-state index < -0.39 is 23.6 Å². The molecule has 0 bridgehead atoms. The van der Waals surface area contributed by atoms with Crippen molar-refractivity contribution in [1.82, 2.24) is 30.9 Å². The minimum Gasteiger partial charge on any atom is -0.444 e. The number of ether oxygens (including phenoxy) is 1. The summed E-state index contributed by atoms with van der Waals surface area (Å²) in [5.74, 6) is 0.405.